The van der Waals surface area contributed by atoms with Crippen molar-refractivity contribution in [2.24, 2.45) is 0 Å². The molecule has 0 bridgehead atoms. The summed E-state index contributed by atoms with van der Waals surface area (Å²) in [6, 6.07) is 20.5. The van der Waals surface area contributed by atoms with Crippen LogP contribution in [0, 0.1) is 0 Å². The van der Waals surface area contributed by atoms with Gasteiger partial charge >= 0.3 is 0 Å². The summed E-state index contributed by atoms with van der Waals surface area (Å²) in [4.78, 5) is 1.15. The van der Waals surface area contributed by atoms with Crippen LogP contribution in [0.3, 0.4) is 0 Å². The van der Waals surface area contributed by atoms with E-state index in [2.05, 4.69) is 24.3 Å². The number of benzene rings is 2. The van der Waals surface area contributed by atoms with Crippen LogP contribution in [0.4, 0.5) is 0 Å². The molecule has 2 aliphatic rings. The molecule has 4 rings (SSSR count). The highest BCUT2D eigenvalue weighted by atomic mass is 32.2. The van der Waals surface area contributed by atoms with Crippen LogP contribution in [0.5, 0.6) is 0 Å². The van der Waals surface area contributed by atoms with Gasteiger partial charge in [-0.25, -0.2) is 0 Å². The van der Waals surface area contributed by atoms with Crippen LogP contribution in [-0.2, 0) is 25.6 Å². The lowest BCUT2D eigenvalue weighted by Crippen LogP contribution is -2.55. The zero-order valence-corrected chi connectivity index (χ0v) is 16.7. The summed E-state index contributed by atoms with van der Waals surface area (Å²) < 4.78 is 25.1. The van der Waals surface area contributed by atoms with E-state index in [-0.39, 0.29) is 29.9 Å². The molecule has 4 nitrogen and oxygen atoms in total. The van der Waals surface area contributed by atoms with E-state index in [1.54, 1.807) is 11.8 Å². The summed E-state index contributed by atoms with van der Waals surface area (Å²) in [6.07, 6.45) is -0.574. The maximum Gasteiger partial charge on any atom is 0.164 e. The summed E-state index contributed by atoms with van der Waals surface area (Å²) in [5.41, 5.74) is 0.971. The van der Waals surface area contributed by atoms with Gasteiger partial charge in [0.15, 0.2) is 5.79 Å². The van der Waals surface area contributed by atoms with Crippen molar-refractivity contribution >= 4 is 11.8 Å². The molecular weight excluding hydrogens is 360 g/mol. The molecule has 2 fully saturated rings. The van der Waals surface area contributed by atoms with Crippen LogP contribution in [0.15, 0.2) is 65.6 Å². The fourth-order valence-electron chi connectivity index (χ4n) is 3.62. The fourth-order valence-corrected chi connectivity index (χ4v) is 4.80. The number of hydrogen-bond acceptors (Lipinski definition) is 5. The van der Waals surface area contributed by atoms with Gasteiger partial charge in [0.2, 0.25) is 0 Å². The monoisotopic (exact) mass is 386 g/mol. The molecule has 0 N–H and O–H groups in total. The van der Waals surface area contributed by atoms with E-state index in [0.29, 0.717) is 6.61 Å². The fraction of sp³-hybridized carbons (Fsp3) is 0.455. The molecule has 0 unspecified atom stereocenters. The van der Waals surface area contributed by atoms with Gasteiger partial charge < -0.3 is 18.9 Å². The Bertz CT molecular complexity index is 736. The van der Waals surface area contributed by atoms with Gasteiger partial charge in [0.05, 0.1) is 12.7 Å². The minimum absolute atomic E-state index is 0.0606. The largest absolute Gasteiger partial charge is 0.367 e. The molecule has 5 heteroatoms. The lowest BCUT2D eigenvalue weighted by molar-refractivity contribution is -0.175. The minimum Gasteiger partial charge on any atom is -0.367 e. The second kappa shape index (κ2) is 7.94. The molecule has 2 heterocycles. The molecule has 0 aliphatic carbocycles. The average molecular weight is 387 g/mol. The number of ether oxygens (including phenoxy) is 4. The molecule has 5 atom stereocenters. The highest BCUT2D eigenvalue weighted by Crippen LogP contribution is 2.42. The van der Waals surface area contributed by atoms with Crippen molar-refractivity contribution in [3.8, 4) is 0 Å². The molecule has 2 aromatic rings. The number of fused-ring (bicyclic) bond motifs is 1. The number of rotatable bonds is 5. The first kappa shape index (κ1) is 19.0. The second-order valence-corrected chi connectivity index (χ2v) is 8.64. The Morgan fingerprint density at radius 1 is 0.926 bits per heavy atom. The van der Waals surface area contributed by atoms with Crippen LogP contribution in [0.2, 0.25) is 0 Å². The van der Waals surface area contributed by atoms with Crippen molar-refractivity contribution in [1.82, 2.24) is 0 Å². The van der Waals surface area contributed by atoms with Crippen LogP contribution in [0.1, 0.15) is 26.3 Å². The molecule has 2 saturated heterocycles. The van der Waals surface area contributed by atoms with E-state index >= 15 is 0 Å². The summed E-state index contributed by atoms with van der Waals surface area (Å²) in [6.45, 7) is 6.47. The van der Waals surface area contributed by atoms with Crippen molar-refractivity contribution in [3.05, 3.63) is 66.2 Å². The first-order valence-electron chi connectivity index (χ1n) is 9.40. The number of thioether (sulfide) groups is 1. The maximum atomic E-state index is 6.36. The third kappa shape index (κ3) is 4.39. The Kier molecular flexibility index (Phi) is 5.58. The summed E-state index contributed by atoms with van der Waals surface area (Å²) in [5.74, 6) is -0.631. The zero-order valence-electron chi connectivity index (χ0n) is 15.9. The van der Waals surface area contributed by atoms with Gasteiger partial charge in [-0.1, -0.05) is 60.3 Å². The molecular formula is C22H26O4S. The third-order valence-electron chi connectivity index (χ3n) is 4.85. The Hall–Kier alpha value is -1.37. The van der Waals surface area contributed by atoms with Crippen molar-refractivity contribution < 1.29 is 18.9 Å². The van der Waals surface area contributed by atoms with Crippen LogP contribution in [-0.4, -0.2) is 35.6 Å². The third-order valence-corrected chi connectivity index (χ3v) is 6.00. The maximum absolute atomic E-state index is 6.36. The van der Waals surface area contributed by atoms with E-state index in [0.717, 1.165) is 10.5 Å². The van der Waals surface area contributed by atoms with Gasteiger partial charge in [0.1, 0.15) is 23.7 Å². The Labute approximate surface area is 165 Å². The molecule has 2 aromatic carbocycles. The quantitative estimate of drug-likeness (QED) is 0.749. The highest BCUT2D eigenvalue weighted by Gasteiger charge is 2.54. The zero-order chi connectivity index (χ0) is 18.9. The van der Waals surface area contributed by atoms with Crippen molar-refractivity contribution in [2.75, 3.05) is 0 Å². The van der Waals surface area contributed by atoms with Crippen molar-refractivity contribution in [1.29, 1.82) is 0 Å². The smallest absolute Gasteiger partial charge is 0.164 e. The van der Waals surface area contributed by atoms with Gasteiger partial charge in [-0.3, -0.25) is 0 Å². The normalized spacial score (nSPS) is 32.2. The van der Waals surface area contributed by atoms with Gasteiger partial charge in [0, 0.05) is 4.90 Å². The number of hydrogen-bond donors (Lipinski definition) is 0. The summed E-state index contributed by atoms with van der Waals surface area (Å²) >= 11 is 1.68. The molecule has 144 valence electrons. The van der Waals surface area contributed by atoms with Crippen molar-refractivity contribution in [3.63, 3.8) is 0 Å². The lowest BCUT2D eigenvalue weighted by Gasteiger charge is -2.40. The van der Waals surface area contributed by atoms with E-state index < -0.39 is 5.79 Å². The SMILES string of the molecule is C[C@@H]1O[C@H](Sc2ccccc2)[C@H](OCc2ccccc2)[C@@H]2OC(C)(C)O[C@H]21. The molecule has 0 saturated carbocycles. The van der Waals surface area contributed by atoms with Crippen LogP contribution < -0.4 is 0 Å². The summed E-state index contributed by atoms with van der Waals surface area (Å²) in [7, 11) is 0. The average Bonchev–Trinajstić information content (AvgIpc) is 2.99. The first-order valence-corrected chi connectivity index (χ1v) is 10.3. The van der Waals surface area contributed by atoms with Gasteiger partial charge in [-0.05, 0) is 38.5 Å². The van der Waals surface area contributed by atoms with Crippen molar-refractivity contribution in [2.45, 2.75) is 67.9 Å². The topological polar surface area (TPSA) is 36.9 Å². The predicted octanol–water partition coefficient (Wildman–Crippen LogP) is 4.63. The van der Waals surface area contributed by atoms with Gasteiger partial charge in [-0.15, -0.1) is 0 Å². The molecule has 0 amide bonds. The lowest BCUT2D eigenvalue weighted by atomic mass is 10.0. The first-order chi connectivity index (χ1) is 13.0. The van der Waals surface area contributed by atoms with E-state index in [9.17, 15) is 0 Å². The molecule has 0 radical (unpaired) electrons. The highest BCUT2D eigenvalue weighted by molar-refractivity contribution is 7.99. The van der Waals surface area contributed by atoms with E-state index in [4.69, 9.17) is 18.9 Å². The predicted molar refractivity (Wildman–Crippen MR) is 105 cm³/mol. The van der Waals surface area contributed by atoms with Crippen LogP contribution >= 0.6 is 11.8 Å². The van der Waals surface area contributed by atoms with Gasteiger partial charge in [-0.2, -0.15) is 0 Å². The Morgan fingerprint density at radius 2 is 1.56 bits per heavy atom. The second-order valence-electron chi connectivity index (χ2n) is 7.47. The molecule has 0 spiro atoms. The summed E-state index contributed by atoms with van der Waals surface area (Å²) in [5, 5.41) is 0. The van der Waals surface area contributed by atoms with E-state index in [1.807, 2.05) is 57.2 Å². The minimum atomic E-state index is -0.631. The molecule has 27 heavy (non-hydrogen) atoms. The standard InChI is InChI=1S/C22H26O4S/c1-15-18-19(26-22(2,3)25-18)20(23-14-16-10-6-4-7-11-16)21(24-15)27-17-12-8-5-9-13-17/h4-13,15,18-21H,14H2,1-3H3/t15-,18-,19+,20+,21+/m0/s1. The van der Waals surface area contributed by atoms with Crippen LogP contribution in [0.25, 0.3) is 0 Å². The molecule has 0 aromatic heterocycles. The Balaban J connectivity index is 1.55. The van der Waals surface area contributed by atoms with E-state index in [1.165, 1.54) is 0 Å². The molecule has 2 aliphatic heterocycles. The van der Waals surface area contributed by atoms with Gasteiger partial charge in [0.25, 0.3) is 0 Å². The Morgan fingerprint density at radius 3 is 2.26 bits per heavy atom.